The number of halogens is 1. The third-order valence-corrected chi connectivity index (χ3v) is 5.46. The quantitative estimate of drug-likeness (QED) is 0.425. The summed E-state index contributed by atoms with van der Waals surface area (Å²) in [5, 5.41) is 0.829. The molecular formula is C10H17IS. The first-order valence-electron chi connectivity index (χ1n) is 4.50. The average molecular weight is 296 g/mol. The molecule has 0 aromatic carbocycles. The summed E-state index contributed by atoms with van der Waals surface area (Å²) in [6.45, 7) is 4.69. The Morgan fingerprint density at radius 3 is 2.58 bits per heavy atom. The van der Waals surface area contributed by atoms with Crippen molar-refractivity contribution in [3.63, 3.8) is 0 Å². The van der Waals surface area contributed by atoms with Gasteiger partial charge < -0.3 is 0 Å². The summed E-state index contributed by atoms with van der Waals surface area (Å²) in [6.07, 6.45) is 8.24. The Bertz CT molecular complexity index is 165. The van der Waals surface area contributed by atoms with Crippen LogP contribution in [0.4, 0.5) is 0 Å². The number of hydrogen-bond acceptors (Lipinski definition) is 1. The lowest BCUT2D eigenvalue weighted by molar-refractivity contribution is 0.372. The van der Waals surface area contributed by atoms with Gasteiger partial charge in [-0.25, -0.2) is 0 Å². The van der Waals surface area contributed by atoms with Gasteiger partial charge in [0, 0.05) is 9.17 Å². The molecule has 0 saturated carbocycles. The van der Waals surface area contributed by atoms with E-state index in [4.69, 9.17) is 0 Å². The third kappa shape index (κ3) is 2.41. The zero-order valence-corrected chi connectivity index (χ0v) is 10.9. The maximum absolute atomic E-state index is 2.56. The summed E-state index contributed by atoms with van der Waals surface area (Å²) in [5.41, 5.74) is 0. The highest BCUT2D eigenvalue weighted by Crippen LogP contribution is 2.36. The zero-order chi connectivity index (χ0) is 9.14. The van der Waals surface area contributed by atoms with Gasteiger partial charge in [0.15, 0.2) is 0 Å². The van der Waals surface area contributed by atoms with Gasteiger partial charge in [0.05, 0.1) is 0 Å². The van der Waals surface area contributed by atoms with Gasteiger partial charge in [-0.2, -0.15) is 11.8 Å². The van der Waals surface area contributed by atoms with E-state index in [1.54, 1.807) is 0 Å². The highest BCUT2D eigenvalue weighted by molar-refractivity contribution is 14.1. The van der Waals surface area contributed by atoms with Crippen molar-refractivity contribution in [1.29, 1.82) is 0 Å². The Labute approximate surface area is 93.7 Å². The SMILES string of the molecule is CSC1C(I)C=CCC1C(C)C. The zero-order valence-electron chi connectivity index (χ0n) is 7.96. The largest absolute Gasteiger partial charge is 0.160 e. The number of alkyl halides is 1. The molecule has 1 rings (SSSR count). The Morgan fingerprint density at radius 2 is 2.17 bits per heavy atom. The van der Waals surface area contributed by atoms with Gasteiger partial charge in [-0.1, -0.05) is 48.6 Å². The molecule has 0 heterocycles. The predicted molar refractivity (Wildman–Crippen MR) is 67.2 cm³/mol. The van der Waals surface area contributed by atoms with Crippen LogP contribution in [0.2, 0.25) is 0 Å². The van der Waals surface area contributed by atoms with Crippen molar-refractivity contribution in [3.8, 4) is 0 Å². The molecule has 3 atom stereocenters. The molecular weight excluding hydrogens is 279 g/mol. The van der Waals surface area contributed by atoms with Crippen LogP contribution in [0.15, 0.2) is 12.2 Å². The van der Waals surface area contributed by atoms with Gasteiger partial charge in [0.2, 0.25) is 0 Å². The lowest BCUT2D eigenvalue weighted by atomic mass is 9.85. The molecule has 3 unspecified atom stereocenters. The Kier molecular flexibility index (Phi) is 4.44. The lowest BCUT2D eigenvalue weighted by Gasteiger charge is -2.33. The fourth-order valence-corrected chi connectivity index (χ4v) is 4.64. The summed E-state index contributed by atoms with van der Waals surface area (Å²) in [6, 6.07) is 0. The minimum atomic E-state index is 0.735. The summed E-state index contributed by atoms with van der Waals surface area (Å²) in [4.78, 5) is 0. The first-order valence-corrected chi connectivity index (χ1v) is 7.03. The van der Waals surface area contributed by atoms with Crippen LogP contribution in [-0.2, 0) is 0 Å². The van der Waals surface area contributed by atoms with E-state index in [-0.39, 0.29) is 0 Å². The van der Waals surface area contributed by atoms with Crippen LogP contribution in [0.25, 0.3) is 0 Å². The van der Waals surface area contributed by atoms with Crippen molar-refractivity contribution in [2.45, 2.75) is 29.4 Å². The van der Waals surface area contributed by atoms with Gasteiger partial charge in [-0.3, -0.25) is 0 Å². The predicted octanol–water partition coefficient (Wildman–Crippen LogP) is 3.75. The van der Waals surface area contributed by atoms with E-state index in [1.165, 1.54) is 6.42 Å². The summed E-state index contributed by atoms with van der Waals surface area (Å²) < 4.78 is 0.735. The van der Waals surface area contributed by atoms with Crippen molar-refractivity contribution < 1.29 is 0 Å². The van der Waals surface area contributed by atoms with Crippen molar-refractivity contribution in [2.24, 2.45) is 11.8 Å². The molecule has 70 valence electrons. The van der Waals surface area contributed by atoms with Crippen molar-refractivity contribution in [3.05, 3.63) is 12.2 Å². The second-order valence-electron chi connectivity index (χ2n) is 3.72. The Morgan fingerprint density at radius 1 is 1.50 bits per heavy atom. The van der Waals surface area contributed by atoms with E-state index in [0.717, 1.165) is 21.0 Å². The van der Waals surface area contributed by atoms with Crippen LogP contribution >= 0.6 is 34.4 Å². The molecule has 0 aliphatic heterocycles. The molecule has 0 fully saturated rings. The second kappa shape index (κ2) is 4.89. The lowest BCUT2D eigenvalue weighted by Crippen LogP contribution is -2.31. The fourth-order valence-electron chi connectivity index (χ4n) is 1.80. The van der Waals surface area contributed by atoms with Crippen LogP contribution in [0, 0.1) is 11.8 Å². The fraction of sp³-hybridized carbons (Fsp3) is 0.800. The maximum Gasteiger partial charge on any atom is 0.0411 e. The van der Waals surface area contributed by atoms with E-state index < -0.39 is 0 Å². The van der Waals surface area contributed by atoms with Crippen molar-refractivity contribution >= 4 is 34.4 Å². The monoisotopic (exact) mass is 296 g/mol. The minimum Gasteiger partial charge on any atom is -0.160 e. The average Bonchev–Trinajstić information content (AvgIpc) is 2.03. The number of thioether (sulfide) groups is 1. The van der Waals surface area contributed by atoms with Crippen LogP contribution in [0.1, 0.15) is 20.3 Å². The third-order valence-electron chi connectivity index (χ3n) is 2.59. The molecule has 0 saturated heterocycles. The van der Waals surface area contributed by atoms with E-state index in [0.29, 0.717) is 0 Å². The molecule has 0 N–H and O–H groups in total. The topological polar surface area (TPSA) is 0 Å². The highest BCUT2D eigenvalue weighted by Gasteiger charge is 2.29. The standard InChI is InChI=1S/C10H17IS/c1-7(2)8-5-4-6-9(11)10(8)12-3/h4,6-10H,5H2,1-3H3. The maximum atomic E-state index is 2.56. The number of rotatable bonds is 2. The van der Waals surface area contributed by atoms with E-state index in [9.17, 15) is 0 Å². The van der Waals surface area contributed by atoms with Crippen molar-refractivity contribution in [1.82, 2.24) is 0 Å². The summed E-state index contributed by atoms with van der Waals surface area (Å²) >= 11 is 4.59. The molecule has 0 bridgehead atoms. The van der Waals surface area contributed by atoms with Gasteiger partial charge in [0.1, 0.15) is 0 Å². The van der Waals surface area contributed by atoms with Gasteiger partial charge in [0.25, 0.3) is 0 Å². The van der Waals surface area contributed by atoms with E-state index in [1.807, 2.05) is 11.8 Å². The second-order valence-corrected chi connectivity index (χ2v) is 6.17. The van der Waals surface area contributed by atoms with Gasteiger partial charge in [-0.15, -0.1) is 0 Å². The summed E-state index contributed by atoms with van der Waals surface area (Å²) in [5.74, 6) is 1.71. The Hall–Kier alpha value is 0.820. The van der Waals surface area contributed by atoms with E-state index >= 15 is 0 Å². The molecule has 1 aliphatic carbocycles. The molecule has 0 aromatic rings. The smallest absolute Gasteiger partial charge is 0.0411 e. The van der Waals surface area contributed by atoms with Crippen molar-refractivity contribution in [2.75, 3.05) is 6.26 Å². The number of hydrogen-bond donors (Lipinski definition) is 0. The highest BCUT2D eigenvalue weighted by atomic mass is 127. The summed E-state index contributed by atoms with van der Waals surface area (Å²) in [7, 11) is 0. The molecule has 0 aromatic heterocycles. The van der Waals surface area contributed by atoms with Gasteiger partial charge in [-0.05, 0) is 24.5 Å². The van der Waals surface area contributed by atoms with Gasteiger partial charge >= 0.3 is 0 Å². The first-order chi connectivity index (χ1) is 5.66. The van der Waals surface area contributed by atoms with Crippen LogP contribution in [-0.4, -0.2) is 15.4 Å². The molecule has 0 nitrogen and oxygen atoms in total. The molecule has 0 radical (unpaired) electrons. The molecule has 12 heavy (non-hydrogen) atoms. The normalized spacial score (nSPS) is 35.9. The first kappa shape index (κ1) is 10.9. The molecule has 0 spiro atoms. The Balaban J connectivity index is 2.67. The molecule has 1 aliphatic rings. The molecule has 0 amide bonds. The van der Waals surface area contributed by atoms with Crippen LogP contribution in [0.3, 0.4) is 0 Å². The molecule has 2 heteroatoms. The number of allylic oxidation sites excluding steroid dienone is 2. The van der Waals surface area contributed by atoms with Crippen LogP contribution < -0.4 is 0 Å². The minimum absolute atomic E-state index is 0.735. The van der Waals surface area contributed by atoms with E-state index in [2.05, 4.69) is 54.8 Å². The van der Waals surface area contributed by atoms with Crippen LogP contribution in [0.5, 0.6) is 0 Å².